The lowest BCUT2D eigenvalue weighted by Gasteiger charge is -2.64. The Balaban J connectivity index is 1.89. The van der Waals surface area contributed by atoms with Crippen molar-refractivity contribution in [1.82, 2.24) is 0 Å². The second-order valence-corrected chi connectivity index (χ2v) is 10.4. The molecule has 2 fully saturated rings. The van der Waals surface area contributed by atoms with Crippen molar-refractivity contribution in [1.29, 1.82) is 0 Å². The lowest BCUT2D eigenvalue weighted by molar-refractivity contribution is -0.237. The van der Waals surface area contributed by atoms with Gasteiger partial charge in [0.25, 0.3) is 0 Å². The van der Waals surface area contributed by atoms with Gasteiger partial charge >= 0.3 is 11.9 Å². The molecule has 0 aromatic carbocycles. The van der Waals surface area contributed by atoms with E-state index < -0.39 is 12.2 Å². The number of carbonyl (C=O) groups is 2. The van der Waals surface area contributed by atoms with Crippen LogP contribution in [0, 0.1) is 28.6 Å². The van der Waals surface area contributed by atoms with Crippen LogP contribution in [0.4, 0.5) is 0 Å². The third-order valence-electron chi connectivity index (χ3n) is 8.29. The predicted molar refractivity (Wildman–Crippen MR) is 108 cm³/mol. The van der Waals surface area contributed by atoms with Gasteiger partial charge in [0.1, 0.15) is 18.0 Å². The van der Waals surface area contributed by atoms with Crippen molar-refractivity contribution in [2.45, 2.75) is 85.4 Å². The monoisotopic (exact) mass is 402 g/mol. The maximum atomic E-state index is 12.2. The number of furan rings is 1. The second kappa shape index (κ2) is 6.88. The van der Waals surface area contributed by atoms with E-state index in [0.717, 1.165) is 31.4 Å². The van der Waals surface area contributed by atoms with Crippen LogP contribution < -0.4 is 0 Å². The van der Waals surface area contributed by atoms with E-state index >= 15 is 0 Å². The fourth-order valence-corrected chi connectivity index (χ4v) is 7.44. The van der Waals surface area contributed by atoms with Crippen LogP contribution in [0.5, 0.6) is 0 Å². The van der Waals surface area contributed by atoms with Gasteiger partial charge in [0.05, 0.1) is 6.26 Å². The first kappa shape index (κ1) is 20.5. The molecule has 0 amide bonds. The summed E-state index contributed by atoms with van der Waals surface area (Å²) in [5.74, 6) is 1.17. The van der Waals surface area contributed by atoms with Crippen molar-refractivity contribution in [3.05, 3.63) is 23.7 Å². The van der Waals surface area contributed by atoms with Crippen LogP contribution >= 0.6 is 0 Å². The van der Waals surface area contributed by atoms with E-state index in [4.69, 9.17) is 13.9 Å². The van der Waals surface area contributed by atoms with Crippen LogP contribution in [0.25, 0.3) is 0 Å². The number of carbonyl (C=O) groups excluding carboxylic acids is 2. The van der Waals surface area contributed by atoms with Crippen molar-refractivity contribution in [2.24, 2.45) is 28.6 Å². The van der Waals surface area contributed by atoms with Gasteiger partial charge in [0.2, 0.25) is 0 Å². The second-order valence-electron chi connectivity index (χ2n) is 10.4. The molecule has 0 aliphatic heterocycles. The first-order valence-electron chi connectivity index (χ1n) is 11.0. The Morgan fingerprint density at radius 2 is 1.72 bits per heavy atom. The third-order valence-corrected chi connectivity index (χ3v) is 8.29. The maximum absolute atomic E-state index is 12.2. The number of esters is 2. The molecule has 0 unspecified atom stereocenters. The molecule has 0 N–H and O–H groups in total. The Labute approximate surface area is 173 Å². The SMILES string of the molecule is CC(=O)O[C@@H]1[C@H](OC(C)=O)[C@H]2C(C)(C)CCC[C@]2(C)[C@@H]2Cc3occc3[C@@H](C)[C@@H]12. The van der Waals surface area contributed by atoms with Gasteiger partial charge in [-0.15, -0.1) is 0 Å². The minimum Gasteiger partial charge on any atom is -0.469 e. The molecule has 29 heavy (non-hydrogen) atoms. The van der Waals surface area contributed by atoms with E-state index in [2.05, 4.69) is 27.7 Å². The minimum atomic E-state index is -0.435. The van der Waals surface area contributed by atoms with E-state index in [1.807, 2.05) is 6.07 Å². The van der Waals surface area contributed by atoms with Gasteiger partial charge in [-0.3, -0.25) is 9.59 Å². The zero-order chi connectivity index (χ0) is 21.1. The molecule has 3 aliphatic carbocycles. The Morgan fingerprint density at radius 1 is 1.07 bits per heavy atom. The number of hydrogen-bond donors (Lipinski definition) is 0. The van der Waals surface area contributed by atoms with Crippen LogP contribution in [0.1, 0.15) is 78.0 Å². The van der Waals surface area contributed by atoms with E-state index in [1.165, 1.54) is 19.4 Å². The van der Waals surface area contributed by atoms with Crippen LogP contribution in [-0.4, -0.2) is 24.1 Å². The normalized spacial score (nSPS) is 40.2. The van der Waals surface area contributed by atoms with Gasteiger partial charge in [-0.2, -0.15) is 0 Å². The first-order valence-corrected chi connectivity index (χ1v) is 11.0. The van der Waals surface area contributed by atoms with Gasteiger partial charge in [-0.1, -0.05) is 34.1 Å². The maximum Gasteiger partial charge on any atom is 0.303 e. The fraction of sp³-hybridized carbons (Fsp3) is 0.750. The summed E-state index contributed by atoms with van der Waals surface area (Å²) in [7, 11) is 0. The number of rotatable bonds is 2. The predicted octanol–water partition coefficient (Wildman–Crippen LogP) is 4.88. The molecule has 2 saturated carbocycles. The summed E-state index contributed by atoms with van der Waals surface area (Å²) in [4.78, 5) is 24.3. The highest BCUT2D eigenvalue weighted by Crippen LogP contribution is 2.65. The summed E-state index contributed by atoms with van der Waals surface area (Å²) < 4.78 is 17.8. The van der Waals surface area contributed by atoms with Gasteiger partial charge in [0, 0.05) is 32.1 Å². The minimum absolute atomic E-state index is 0.0107. The van der Waals surface area contributed by atoms with Crippen molar-refractivity contribution in [3.63, 3.8) is 0 Å². The smallest absolute Gasteiger partial charge is 0.303 e. The molecule has 1 heterocycles. The van der Waals surface area contributed by atoms with Gasteiger partial charge < -0.3 is 13.9 Å². The average molecular weight is 403 g/mol. The summed E-state index contributed by atoms with van der Waals surface area (Å²) in [5.41, 5.74) is 1.17. The number of ether oxygens (including phenoxy) is 2. The van der Waals surface area contributed by atoms with E-state index in [9.17, 15) is 9.59 Å². The third kappa shape index (κ3) is 3.12. The van der Waals surface area contributed by atoms with Crippen LogP contribution in [-0.2, 0) is 25.5 Å². The molecule has 0 spiro atoms. The van der Waals surface area contributed by atoms with Gasteiger partial charge in [-0.05, 0) is 47.1 Å². The first-order chi connectivity index (χ1) is 13.6. The molecule has 7 atom stereocenters. The standard InChI is InChI=1S/C24H34O5/c1-13-16-8-11-27-18(16)12-17-19(13)20(28-14(2)25)21(29-15(3)26)22-23(4,5)9-7-10-24(17,22)6/h8,11,13,17,19-22H,7,9-10,12H2,1-6H3/t13-,17-,19-,20+,21+,22+,24-/m1/s1. The van der Waals surface area contributed by atoms with Gasteiger partial charge in [0.15, 0.2) is 0 Å². The fourth-order valence-electron chi connectivity index (χ4n) is 7.44. The molecular weight excluding hydrogens is 368 g/mol. The topological polar surface area (TPSA) is 65.7 Å². The summed E-state index contributed by atoms with van der Waals surface area (Å²) in [6.45, 7) is 12.0. The molecule has 4 rings (SSSR count). The van der Waals surface area contributed by atoms with Crippen molar-refractivity contribution >= 4 is 11.9 Å². The summed E-state index contributed by atoms with van der Waals surface area (Å²) in [6.07, 6.45) is 5.10. The van der Waals surface area contributed by atoms with Crippen LogP contribution in [0.2, 0.25) is 0 Å². The molecule has 3 aliphatic rings. The van der Waals surface area contributed by atoms with Crippen molar-refractivity contribution < 1.29 is 23.5 Å². The van der Waals surface area contributed by atoms with Crippen LogP contribution in [0.3, 0.4) is 0 Å². The Bertz CT molecular complexity index is 808. The van der Waals surface area contributed by atoms with Crippen molar-refractivity contribution in [2.75, 3.05) is 0 Å². The molecular formula is C24H34O5. The van der Waals surface area contributed by atoms with Crippen molar-refractivity contribution in [3.8, 4) is 0 Å². The lowest BCUT2D eigenvalue weighted by Crippen LogP contribution is -2.66. The Hall–Kier alpha value is -1.78. The molecule has 5 heteroatoms. The van der Waals surface area contributed by atoms with Gasteiger partial charge in [-0.25, -0.2) is 0 Å². The summed E-state index contributed by atoms with van der Waals surface area (Å²) in [6, 6.07) is 2.04. The highest BCUT2D eigenvalue weighted by molar-refractivity contribution is 5.67. The quantitative estimate of drug-likeness (QED) is 0.660. The average Bonchev–Trinajstić information content (AvgIpc) is 3.06. The zero-order valence-electron chi connectivity index (χ0n) is 18.5. The zero-order valence-corrected chi connectivity index (χ0v) is 18.5. The number of fused-ring (bicyclic) bond motifs is 4. The Kier molecular flexibility index (Phi) is 4.86. The van der Waals surface area contributed by atoms with E-state index in [0.29, 0.717) is 5.92 Å². The highest BCUT2D eigenvalue weighted by atomic mass is 16.6. The van der Waals surface area contributed by atoms with Crippen LogP contribution in [0.15, 0.2) is 16.7 Å². The van der Waals surface area contributed by atoms with E-state index in [1.54, 1.807) is 6.26 Å². The van der Waals surface area contributed by atoms with E-state index in [-0.39, 0.29) is 40.5 Å². The highest BCUT2D eigenvalue weighted by Gasteiger charge is 2.65. The molecule has 1 aromatic heterocycles. The largest absolute Gasteiger partial charge is 0.469 e. The molecule has 160 valence electrons. The molecule has 5 nitrogen and oxygen atoms in total. The molecule has 0 radical (unpaired) electrons. The Morgan fingerprint density at radius 3 is 2.38 bits per heavy atom. The molecule has 0 saturated heterocycles. The molecule has 0 bridgehead atoms. The summed E-state index contributed by atoms with van der Waals surface area (Å²) in [5, 5.41) is 0. The summed E-state index contributed by atoms with van der Waals surface area (Å²) >= 11 is 0. The lowest BCUT2D eigenvalue weighted by atomic mass is 9.42. The molecule has 1 aromatic rings. The number of hydrogen-bond acceptors (Lipinski definition) is 5.